The maximum Gasteiger partial charge on any atom is 0.226 e. The SMILES string of the molecule is Cc1cc(C)cc(N(C)C(=O)CCCN)c1.Cl. The highest BCUT2D eigenvalue weighted by molar-refractivity contribution is 5.92. The molecule has 0 atom stereocenters. The molecule has 1 aromatic rings. The fourth-order valence-corrected chi connectivity index (χ4v) is 1.71. The van der Waals surface area contributed by atoms with Crippen molar-refractivity contribution in [3.05, 3.63) is 29.3 Å². The molecular weight excluding hydrogens is 236 g/mol. The molecule has 1 aromatic carbocycles. The lowest BCUT2D eigenvalue weighted by Crippen LogP contribution is -2.26. The average molecular weight is 257 g/mol. The van der Waals surface area contributed by atoms with Gasteiger partial charge in [0.25, 0.3) is 0 Å². The van der Waals surface area contributed by atoms with E-state index in [1.54, 1.807) is 4.90 Å². The number of carbonyl (C=O) groups excluding carboxylic acids is 1. The Morgan fingerprint density at radius 1 is 1.24 bits per heavy atom. The first kappa shape index (κ1) is 15.9. The molecule has 0 aromatic heterocycles. The summed E-state index contributed by atoms with van der Waals surface area (Å²) in [4.78, 5) is 13.5. The van der Waals surface area contributed by atoms with Crippen LogP contribution in [0.4, 0.5) is 5.69 Å². The minimum absolute atomic E-state index is 0. The zero-order chi connectivity index (χ0) is 12.1. The summed E-state index contributed by atoms with van der Waals surface area (Å²) >= 11 is 0. The van der Waals surface area contributed by atoms with E-state index in [4.69, 9.17) is 5.73 Å². The van der Waals surface area contributed by atoms with Crippen molar-refractivity contribution in [2.24, 2.45) is 5.73 Å². The third-order valence-corrected chi connectivity index (χ3v) is 2.56. The Hall–Kier alpha value is -1.06. The molecule has 0 aliphatic rings. The van der Waals surface area contributed by atoms with Crippen LogP contribution in [0.2, 0.25) is 0 Å². The van der Waals surface area contributed by atoms with Gasteiger partial charge in [0, 0.05) is 19.2 Å². The second-order valence-electron chi connectivity index (χ2n) is 4.19. The van der Waals surface area contributed by atoms with Crippen LogP contribution >= 0.6 is 12.4 Å². The van der Waals surface area contributed by atoms with E-state index in [1.807, 2.05) is 33.0 Å². The van der Waals surface area contributed by atoms with E-state index in [-0.39, 0.29) is 18.3 Å². The smallest absolute Gasteiger partial charge is 0.226 e. The predicted molar refractivity (Wildman–Crippen MR) is 74.9 cm³/mol. The molecule has 0 heterocycles. The largest absolute Gasteiger partial charge is 0.330 e. The molecule has 1 amide bonds. The van der Waals surface area contributed by atoms with Crippen LogP contribution in [0, 0.1) is 13.8 Å². The molecule has 0 aliphatic heterocycles. The minimum atomic E-state index is 0. The topological polar surface area (TPSA) is 46.3 Å². The van der Waals surface area contributed by atoms with Gasteiger partial charge in [-0.3, -0.25) is 4.79 Å². The van der Waals surface area contributed by atoms with Crippen molar-refractivity contribution >= 4 is 24.0 Å². The van der Waals surface area contributed by atoms with E-state index in [0.29, 0.717) is 13.0 Å². The van der Waals surface area contributed by atoms with E-state index in [1.165, 1.54) is 11.1 Å². The normalized spacial score (nSPS) is 9.65. The Morgan fingerprint density at radius 3 is 2.24 bits per heavy atom. The number of halogens is 1. The number of hydrogen-bond donors (Lipinski definition) is 1. The monoisotopic (exact) mass is 256 g/mol. The molecule has 0 saturated carbocycles. The Morgan fingerprint density at radius 2 is 1.76 bits per heavy atom. The fraction of sp³-hybridized carbons (Fsp3) is 0.462. The Kier molecular flexibility index (Phi) is 6.85. The molecule has 1 rings (SSSR count). The summed E-state index contributed by atoms with van der Waals surface area (Å²) in [6, 6.07) is 6.14. The van der Waals surface area contributed by atoms with Crippen LogP contribution in [0.25, 0.3) is 0 Å². The van der Waals surface area contributed by atoms with E-state index in [2.05, 4.69) is 6.07 Å². The molecule has 3 nitrogen and oxygen atoms in total. The van der Waals surface area contributed by atoms with Gasteiger partial charge in [0.05, 0.1) is 0 Å². The zero-order valence-electron chi connectivity index (χ0n) is 10.7. The summed E-state index contributed by atoms with van der Waals surface area (Å²) in [5, 5.41) is 0. The Labute approximate surface area is 109 Å². The highest BCUT2D eigenvalue weighted by Gasteiger charge is 2.10. The van der Waals surface area contributed by atoms with Crippen molar-refractivity contribution < 1.29 is 4.79 Å². The first-order chi connectivity index (χ1) is 7.54. The number of nitrogens with zero attached hydrogens (tertiary/aromatic N) is 1. The van der Waals surface area contributed by atoms with Crippen LogP contribution in [0.1, 0.15) is 24.0 Å². The van der Waals surface area contributed by atoms with Gasteiger partial charge in [-0.2, -0.15) is 0 Å². The van der Waals surface area contributed by atoms with Gasteiger partial charge < -0.3 is 10.6 Å². The highest BCUT2D eigenvalue weighted by Crippen LogP contribution is 2.18. The van der Waals surface area contributed by atoms with E-state index in [9.17, 15) is 4.79 Å². The molecule has 4 heteroatoms. The molecule has 0 aliphatic carbocycles. The lowest BCUT2D eigenvalue weighted by atomic mass is 10.1. The number of rotatable bonds is 4. The van der Waals surface area contributed by atoms with Crippen molar-refractivity contribution in [1.82, 2.24) is 0 Å². The fourth-order valence-electron chi connectivity index (χ4n) is 1.71. The molecule has 17 heavy (non-hydrogen) atoms. The van der Waals surface area contributed by atoms with Gasteiger partial charge in [-0.25, -0.2) is 0 Å². The molecule has 0 saturated heterocycles. The second kappa shape index (κ2) is 7.30. The van der Waals surface area contributed by atoms with Crippen LogP contribution in [0.15, 0.2) is 18.2 Å². The van der Waals surface area contributed by atoms with E-state index >= 15 is 0 Å². The summed E-state index contributed by atoms with van der Waals surface area (Å²) in [6.07, 6.45) is 1.26. The van der Waals surface area contributed by atoms with Gasteiger partial charge in [0.1, 0.15) is 0 Å². The van der Waals surface area contributed by atoms with Crippen molar-refractivity contribution in [1.29, 1.82) is 0 Å². The summed E-state index contributed by atoms with van der Waals surface area (Å²) < 4.78 is 0. The Balaban J connectivity index is 0.00000256. The Bertz CT molecular complexity index is 359. The first-order valence-electron chi connectivity index (χ1n) is 5.59. The van der Waals surface area contributed by atoms with Gasteiger partial charge >= 0.3 is 0 Å². The van der Waals surface area contributed by atoms with Crippen LogP contribution in [-0.4, -0.2) is 19.5 Å². The number of benzene rings is 1. The number of anilines is 1. The van der Waals surface area contributed by atoms with Crippen molar-refractivity contribution in [2.45, 2.75) is 26.7 Å². The van der Waals surface area contributed by atoms with Crippen LogP contribution in [0.3, 0.4) is 0 Å². The molecule has 0 bridgehead atoms. The van der Waals surface area contributed by atoms with E-state index in [0.717, 1.165) is 12.1 Å². The van der Waals surface area contributed by atoms with Gasteiger partial charge in [0.2, 0.25) is 5.91 Å². The highest BCUT2D eigenvalue weighted by atomic mass is 35.5. The molecule has 0 radical (unpaired) electrons. The molecule has 0 spiro atoms. The van der Waals surface area contributed by atoms with Crippen molar-refractivity contribution in [3.63, 3.8) is 0 Å². The van der Waals surface area contributed by atoms with Crippen LogP contribution < -0.4 is 10.6 Å². The third kappa shape index (κ3) is 4.75. The van der Waals surface area contributed by atoms with Gasteiger partial charge in [-0.1, -0.05) is 6.07 Å². The standard InChI is InChI=1S/C13H20N2O.ClH/c1-10-7-11(2)9-12(8-10)15(3)13(16)5-4-6-14;/h7-9H,4-6,14H2,1-3H3;1H. The minimum Gasteiger partial charge on any atom is -0.330 e. The maximum absolute atomic E-state index is 11.8. The predicted octanol–water partition coefficient (Wildman–Crippen LogP) is 2.43. The molecular formula is C13H21ClN2O. The molecule has 0 unspecified atom stereocenters. The maximum atomic E-state index is 11.8. The number of nitrogens with two attached hydrogens (primary N) is 1. The van der Waals surface area contributed by atoms with Crippen molar-refractivity contribution in [2.75, 3.05) is 18.5 Å². The van der Waals surface area contributed by atoms with Gasteiger partial charge in [0.15, 0.2) is 0 Å². The lowest BCUT2D eigenvalue weighted by molar-refractivity contribution is -0.118. The quantitative estimate of drug-likeness (QED) is 0.899. The van der Waals surface area contributed by atoms with Crippen molar-refractivity contribution in [3.8, 4) is 0 Å². The summed E-state index contributed by atoms with van der Waals surface area (Å²) in [7, 11) is 1.81. The van der Waals surface area contributed by atoms with Crippen LogP contribution in [-0.2, 0) is 4.79 Å². The number of carbonyl (C=O) groups is 1. The first-order valence-corrected chi connectivity index (χ1v) is 5.59. The molecule has 2 N–H and O–H groups in total. The summed E-state index contributed by atoms with van der Waals surface area (Å²) in [5.41, 5.74) is 8.70. The summed E-state index contributed by atoms with van der Waals surface area (Å²) in [6.45, 7) is 4.63. The second-order valence-corrected chi connectivity index (χ2v) is 4.19. The van der Waals surface area contributed by atoms with E-state index < -0.39 is 0 Å². The number of amides is 1. The lowest BCUT2D eigenvalue weighted by Gasteiger charge is -2.18. The number of aryl methyl sites for hydroxylation is 2. The van der Waals surface area contributed by atoms with Gasteiger partial charge in [-0.15, -0.1) is 12.4 Å². The average Bonchev–Trinajstić information content (AvgIpc) is 2.23. The number of hydrogen-bond acceptors (Lipinski definition) is 2. The zero-order valence-corrected chi connectivity index (χ0v) is 11.5. The molecule has 0 fully saturated rings. The third-order valence-electron chi connectivity index (χ3n) is 2.56. The van der Waals surface area contributed by atoms with Gasteiger partial charge in [-0.05, 0) is 50.1 Å². The summed E-state index contributed by atoms with van der Waals surface area (Å²) in [5.74, 6) is 0.121. The molecule has 96 valence electrons. The van der Waals surface area contributed by atoms with Crippen LogP contribution in [0.5, 0.6) is 0 Å².